The van der Waals surface area contributed by atoms with Gasteiger partial charge in [0.25, 0.3) is 11.1 Å². The fourth-order valence-electron chi connectivity index (χ4n) is 4.17. The molecule has 1 fully saturated rings. The number of fused-ring (bicyclic) bond motifs is 1. The number of ether oxygens (including phenoxy) is 2. The van der Waals surface area contributed by atoms with Crippen LogP contribution in [0.4, 0.5) is 10.5 Å². The van der Waals surface area contributed by atoms with E-state index in [2.05, 4.69) is 5.32 Å². The molecular formula is C30H24N2O5S. The van der Waals surface area contributed by atoms with Gasteiger partial charge in [-0.1, -0.05) is 72.8 Å². The zero-order valence-electron chi connectivity index (χ0n) is 20.5. The van der Waals surface area contributed by atoms with Gasteiger partial charge in [0.05, 0.1) is 12.0 Å². The van der Waals surface area contributed by atoms with E-state index in [0.717, 1.165) is 33.0 Å². The molecule has 1 aliphatic rings. The maximum atomic E-state index is 13.1. The van der Waals surface area contributed by atoms with E-state index < -0.39 is 17.1 Å². The van der Waals surface area contributed by atoms with Gasteiger partial charge in [-0.05, 0) is 52.4 Å². The summed E-state index contributed by atoms with van der Waals surface area (Å²) in [5.74, 6) is -0.0386. The van der Waals surface area contributed by atoms with Crippen molar-refractivity contribution < 1.29 is 23.9 Å². The van der Waals surface area contributed by atoms with E-state index in [0.29, 0.717) is 22.7 Å². The summed E-state index contributed by atoms with van der Waals surface area (Å²) in [4.78, 5) is 39.3. The second-order valence-corrected chi connectivity index (χ2v) is 9.48. The highest BCUT2D eigenvalue weighted by Crippen LogP contribution is 2.38. The maximum absolute atomic E-state index is 13.1. The number of anilines is 1. The second-order valence-electron chi connectivity index (χ2n) is 8.49. The Morgan fingerprint density at radius 2 is 1.66 bits per heavy atom. The normalized spacial score (nSPS) is 14.2. The average Bonchev–Trinajstić information content (AvgIpc) is 3.19. The Bertz CT molecular complexity index is 1550. The van der Waals surface area contributed by atoms with Gasteiger partial charge in [-0.2, -0.15) is 0 Å². The van der Waals surface area contributed by atoms with Crippen LogP contribution in [0.2, 0.25) is 0 Å². The van der Waals surface area contributed by atoms with Crippen molar-refractivity contribution in [3.8, 4) is 11.5 Å². The first kappa shape index (κ1) is 25.1. The minimum absolute atomic E-state index is 0.200. The Morgan fingerprint density at radius 1 is 0.921 bits per heavy atom. The number of rotatable bonds is 8. The third-order valence-corrected chi connectivity index (χ3v) is 6.91. The molecule has 0 saturated carbocycles. The van der Waals surface area contributed by atoms with E-state index in [9.17, 15) is 14.4 Å². The number of hydrogen-bond acceptors (Lipinski definition) is 6. The van der Waals surface area contributed by atoms with E-state index in [1.807, 2.05) is 48.5 Å². The minimum atomic E-state index is -0.536. The highest BCUT2D eigenvalue weighted by atomic mass is 32.2. The molecule has 1 aliphatic heterocycles. The van der Waals surface area contributed by atoms with Crippen molar-refractivity contribution in [1.82, 2.24) is 4.90 Å². The molecule has 0 spiro atoms. The molecule has 5 rings (SSSR count). The lowest BCUT2D eigenvalue weighted by Crippen LogP contribution is -2.36. The standard InChI is InChI=1S/C30H24N2O5S/c1-36-25-16-8-11-21(28(25)37-19-22-12-7-10-20-9-5-6-15-24(20)22)17-26-29(34)32(30(35)38-26)18-27(33)31-23-13-3-2-4-14-23/h2-17H,18-19H2,1H3,(H,31,33)/b26-17-. The van der Waals surface area contributed by atoms with Gasteiger partial charge in [0.2, 0.25) is 5.91 Å². The minimum Gasteiger partial charge on any atom is -0.493 e. The lowest BCUT2D eigenvalue weighted by molar-refractivity contribution is -0.127. The Balaban J connectivity index is 1.36. The van der Waals surface area contributed by atoms with E-state index in [1.165, 1.54) is 0 Å². The van der Waals surface area contributed by atoms with Crippen molar-refractivity contribution in [3.63, 3.8) is 0 Å². The largest absolute Gasteiger partial charge is 0.493 e. The summed E-state index contributed by atoms with van der Waals surface area (Å²) in [6, 6.07) is 28.3. The van der Waals surface area contributed by atoms with Gasteiger partial charge in [0.15, 0.2) is 11.5 Å². The summed E-state index contributed by atoms with van der Waals surface area (Å²) in [6.45, 7) is -0.0941. The van der Waals surface area contributed by atoms with Crippen molar-refractivity contribution in [2.24, 2.45) is 0 Å². The number of amides is 3. The number of carbonyl (C=O) groups is 3. The topological polar surface area (TPSA) is 84.9 Å². The van der Waals surface area contributed by atoms with Crippen LogP contribution in [-0.2, 0) is 16.2 Å². The lowest BCUT2D eigenvalue weighted by atomic mass is 10.1. The van der Waals surface area contributed by atoms with E-state index in [4.69, 9.17) is 9.47 Å². The highest BCUT2D eigenvalue weighted by Gasteiger charge is 2.36. The maximum Gasteiger partial charge on any atom is 0.294 e. The first-order chi connectivity index (χ1) is 18.5. The van der Waals surface area contributed by atoms with Gasteiger partial charge in [-0.15, -0.1) is 0 Å². The molecule has 7 nitrogen and oxygen atoms in total. The predicted octanol–water partition coefficient (Wildman–Crippen LogP) is 6.10. The van der Waals surface area contributed by atoms with Crippen LogP contribution in [0.15, 0.2) is 95.9 Å². The first-order valence-electron chi connectivity index (χ1n) is 11.9. The smallest absolute Gasteiger partial charge is 0.294 e. The van der Waals surface area contributed by atoms with Gasteiger partial charge in [0, 0.05) is 11.3 Å². The number of hydrogen-bond donors (Lipinski definition) is 1. The van der Waals surface area contributed by atoms with Crippen LogP contribution in [0.3, 0.4) is 0 Å². The quantitative estimate of drug-likeness (QED) is 0.280. The molecule has 0 radical (unpaired) electrons. The van der Waals surface area contributed by atoms with Crippen molar-refractivity contribution >= 4 is 51.4 Å². The molecule has 38 heavy (non-hydrogen) atoms. The summed E-state index contributed by atoms with van der Waals surface area (Å²) in [5, 5.41) is 4.38. The van der Waals surface area contributed by atoms with Crippen LogP contribution in [0.25, 0.3) is 16.8 Å². The van der Waals surface area contributed by atoms with E-state index in [1.54, 1.807) is 55.7 Å². The van der Waals surface area contributed by atoms with Crippen LogP contribution >= 0.6 is 11.8 Å². The number of nitrogens with one attached hydrogen (secondary N) is 1. The number of benzene rings is 4. The lowest BCUT2D eigenvalue weighted by Gasteiger charge is -2.15. The molecule has 1 saturated heterocycles. The number of carbonyl (C=O) groups excluding carboxylic acids is 3. The number of thioether (sulfide) groups is 1. The summed E-state index contributed by atoms with van der Waals surface area (Å²) in [6.07, 6.45) is 1.60. The fourth-order valence-corrected chi connectivity index (χ4v) is 5.00. The number of nitrogens with zero attached hydrogens (tertiary/aromatic N) is 1. The SMILES string of the molecule is COc1cccc(/C=C2\SC(=O)N(CC(=O)Nc3ccccc3)C2=O)c1OCc1cccc2ccccc12. The predicted molar refractivity (Wildman–Crippen MR) is 149 cm³/mol. The molecule has 1 heterocycles. The van der Waals surface area contributed by atoms with Gasteiger partial charge < -0.3 is 14.8 Å². The molecule has 0 atom stereocenters. The molecule has 190 valence electrons. The Labute approximate surface area is 224 Å². The molecule has 1 N–H and O–H groups in total. The highest BCUT2D eigenvalue weighted by molar-refractivity contribution is 8.18. The molecule has 0 unspecified atom stereocenters. The van der Waals surface area contributed by atoms with E-state index in [-0.39, 0.29) is 18.1 Å². The van der Waals surface area contributed by atoms with Crippen molar-refractivity contribution in [1.29, 1.82) is 0 Å². The van der Waals surface area contributed by atoms with Crippen LogP contribution in [0.5, 0.6) is 11.5 Å². The molecular weight excluding hydrogens is 500 g/mol. The molecule has 4 aromatic rings. The van der Waals surface area contributed by atoms with Crippen molar-refractivity contribution in [2.45, 2.75) is 6.61 Å². The van der Waals surface area contributed by atoms with Crippen LogP contribution in [-0.4, -0.2) is 35.6 Å². The second kappa shape index (κ2) is 11.2. The monoisotopic (exact) mass is 524 g/mol. The molecule has 4 aromatic carbocycles. The number of para-hydroxylation sites is 2. The molecule has 0 bridgehead atoms. The fraction of sp³-hybridized carbons (Fsp3) is 0.100. The van der Waals surface area contributed by atoms with Gasteiger partial charge in [-0.25, -0.2) is 0 Å². The summed E-state index contributed by atoms with van der Waals surface area (Å²) in [5.41, 5.74) is 2.18. The number of methoxy groups -OCH3 is 1. The van der Waals surface area contributed by atoms with Crippen molar-refractivity contribution in [2.75, 3.05) is 19.0 Å². The Hall–Kier alpha value is -4.56. The molecule has 0 aromatic heterocycles. The van der Waals surface area contributed by atoms with Crippen LogP contribution in [0, 0.1) is 0 Å². The summed E-state index contributed by atoms with van der Waals surface area (Å²) >= 11 is 0.786. The first-order valence-corrected chi connectivity index (χ1v) is 12.7. The molecule has 8 heteroatoms. The van der Waals surface area contributed by atoms with Crippen LogP contribution in [0.1, 0.15) is 11.1 Å². The summed E-state index contributed by atoms with van der Waals surface area (Å²) in [7, 11) is 1.54. The average molecular weight is 525 g/mol. The zero-order valence-corrected chi connectivity index (χ0v) is 21.4. The van der Waals surface area contributed by atoms with Gasteiger partial charge >= 0.3 is 0 Å². The third-order valence-electron chi connectivity index (χ3n) is 6.00. The van der Waals surface area contributed by atoms with Gasteiger partial charge in [-0.3, -0.25) is 19.3 Å². The summed E-state index contributed by atoms with van der Waals surface area (Å²) < 4.78 is 11.8. The van der Waals surface area contributed by atoms with Gasteiger partial charge in [0.1, 0.15) is 13.2 Å². The molecule has 3 amide bonds. The Kier molecular flexibility index (Phi) is 7.42. The van der Waals surface area contributed by atoms with Crippen LogP contribution < -0.4 is 14.8 Å². The number of imide groups is 1. The zero-order chi connectivity index (χ0) is 26.5. The Morgan fingerprint density at radius 3 is 2.47 bits per heavy atom. The molecule has 0 aliphatic carbocycles. The third kappa shape index (κ3) is 5.40. The van der Waals surface area contributed by atoms with Crippen molar-refractivity contribution in [3.05, 3.63) is 107 Å². The van der Waals surface area contributed by atoms with E-state index >= 15 is 0 Å².